The number of carbonyl (C=O) groups is 2. The number of methoxy groups -OCH3 is 4. The first-order valence-corrected chi connectivity index (χ1v) is 10.5. The Labute approximate surface area is 194 Å². The van der Waals surface area contributed by atoms with Crippen LogP contribution in [-0.4, -0.2) is 49.1 Å². The van der Waals surface area contributed by atoms with Crippen LogP contribution in [0.2, 0.25) is 0 Å². The van der Waals surface area contributed by atoms with E-state index < -0.39 is 11.9 Å². The minimum atomic E-state index is -0.446. The molecule has 8 nitrogen and oxygen atoms in total. The van der Waals surface area contributed by atoms with Crippen LogP contribution in [0.4, 0.5) is 0 Å². The number of hydrogen-bond acceptors (Lipinski definition) is 9. The van der Waals surface area contributed by atoms with E-state index in [9.17, 15) is 9.59 Å². The fraction of sp³-hybridized carbons (Fsp3) is 0.167. The van der Waals surface area contributed by atoms with Gasteiger partial charge in [-0.05, 0) is 36.4 Å². The molecule has 1 heterocycles. The number of fused-ring (bicyclic) bond motifs is 1. The molecule has 0 atom stereocenters. The van der Waals surface area contributed by atoms with Crippen LogP contribution >= 0.6 is 11.7 Å². The van der Waals surface area contributed by atoms with Crippen molar-refractivity contribution in [1.29, 1.82) is 0 Å². The molecule has 0 aliphatic carbocycles. The summed E-state index contributed by atoms with van der Waals surface area (Å²) in [6.45, 7) is 0. The maximum Gasteiger partial charge on any atom is 0.337 e. The summed E-state index contributed by atoms with van der Waals surface area (Å²) < 4.78 is 29.7. The number of carbonyl (C=O) groups excluding carboxylic acids is 2. The highest BCUT2D eigenvalue weighted by molar-refractivity contribution is 7.00. The second-order valence-electron chi connectivity index (χ2n) is 6.94. The predicted octanol–water partition coefficient (Wildman–Crippen LogP) is 4.62. The predicted molar refractivity (Wildman–Crippen MR) is 124 cm³/mol. The molecule has 0 spiro atoms. The third-order valence-corrected chi connectivity index (χ3v) is 5.77. The van der Waals surface area contributed by atoms with Gasteiger partial charge in [-0.1, -0.05) is 12.1 Å². The average Bonchev–Trinajstić information content (AvgIpc) is 3.36. The largest absolute Gasteiger partial charge is 0.496 e. The topological polar surface area (TPSA) is 96.8 Å². The van der Waals surface area contributed by atoms with Crippen LogP contribution in [0.5, 0.6) is 11.5 Å². The van der Waals surface area contributed by atoms with Gasteiger partial charge in [0, 0.05) is 22.3 Å². The second kappa shape index (κ2) is 9.25. The van der Waals surface area contributed by atoms with E-state index in [-0.39, 0.29) is 0 Å². The van der Waals surface area contributed by atoms with E-state index in [1.165, 1.54) is 14.2 Å². The van der Waals surface area contributed by atoms with E-state index in [4.69, 9.17) is 18.9 Å². The quantitative estimate of drug-likeness (QED) is 0.382. The van der Waals surface area contributed by atoms with Crippen molar-refractivity contribution in [3.05, 3.63) is 59.7 Å². The number of aromatic nitrogens is 2. The normalized spacial score (nSPS) is 10.7. The zero-order valence-corrected chi connectivity index (χ0v) is 19.2. The zero-order valence-electron chi connectivity index (χ0n) is 18.4. The summed E-state index contributed by atoms with van der Waals surface area (Å²) >= 11 is 1.09. The van der Waals surface area contributed by atoms with Gasteiger partial charge in [0.05, 0.1) is 51.3 Å². The number of rotatable bonds is 6. The molecule has 4 aromatic rings. The van der Waals surface area contributed by atoms with Crippen LogP contribution in [-0.2, 0) is 9.47 Å². The molecule has 4 rings (SSSR count). The Bertz CT molecular complexity index is 1260. The third-order valence-electron chi connectivity index (χ3n) is 5.24. The van der Waals surface area contributed by atoms with Gasteiger partial charge in [-0.3, -0.25) is 0 Å². The van der Waals surface area contributed by atoms with Gasteiger partial charge in [-0.25, -0.2) is 9.59 Å². The van der Waals surface area contributed by atoms with Crippen molar-refractivity contribution in [3.63, 3.8) is 0 Å². The summed E-state index contributed by atoms with van der Waals surface area (Å²) in [5.74, 6) is 0.135. The molecule has 33 heavy (non-hydrogen) atoms. The summed E-state index contributed by atoms with van der Waals surface area (Å²) in [5.41, 5.74) is 5.28. The molecule has 0 aliphatic rings. The van der Waals surface area contributed by atoms with Crippen molar-refractivity contribution in [2.75, 3.05) is 28.4 Å². The standard InChI is InChI=1S/C24H20N2O6S/c1-29-19-11-13(23(27)31-3)5-7-15(19)17-9-10-18(22-21(17)25-33-26-22)16-8-6-14(24(28)32-4)12-20(16)30-2/h5-12H,1-4H3. The molecular formula is C24H20N2O6S. The third kappa shape index (κ3) is 3.98. The lowest BCUT2D eigenvalue weighted by molar-refractivity contribution is 0.0591. The SMILES string of the molecule is COC(=O)c1ccc(-c2ccc(-c3ccc(C(=O)OC)cc3OC)c3nsnc23)c(OC)c1. The van der Waals surface area contributed by atoms with Gasteiger partial charge in [0.1, 0.15) is 22.5 Å². The molecule has 0 radical (unpaired) electrons. The van der Waals surface area contributed by atoms with E-state index in [2.05, 4.69) is 8.75 Å². The average molecular weight is 464 g/mol. The molecule has 168 valence electrons. The van der Waals surface area contributed by atoms with Gasteiger partial charge in [-0.2, -0.15) is 8.75 Å². The summed E-state index contributed by atoms with van der Waals surface area (Å²) in [6, 6.07) is 14.1. The van der Waals surface area contributed by atoms with Crippen molar-refractivity contribution in [2.45, 2.75) is 0 Å². The minimum absolute atomic E-state index is 0.387. The Morgan fingerprint density at radius 3 is 1.39 bits per heavy atom. The summed E-state index contributed by atoms with van der Waals surface area (Å²) in [4.78, 5) is 23.8. The maximum absolute atomic E-state index is 11.9. The van der Waals surface area contributed by atoms with E-state index in [0.29, 0.717) is 33.7 Å². The van der Waals surface area contributed by atoms with Gasteiger partial charge in [0.25, 0.3) is 0 Å². The monoisotopic (exact) mass is 464 g/mol. The van der Waals surface area contributed by atoms with Crippen LogP contribution in [0, 0.1) is 0 Å². The van der Waals surface area contributed by atoms with Crippen molar-refractivity contribution in [1.82, 2.24) is 8.75 Å². The fourth-order valence-electron chi connectivity index (χ4n) is 3.62. The van der Waals surface area contributed by atoms with Crippen molar-refractivity contribution in [2.24, 2.45) is 0 Å². The first-order valence-electron chi connectivity index (χ1n) is 9.81. The van der Waals surface area contributed by atoms with Gasteiger partial charge >= 0.3 is 11.9 Å². The Morgan fingerprint density at radius 2 is 1.03 bits per heavy atom. The minimum Gasteiger partial charge on any atom is -0.496 e. The Morgan fingerprint density at radius 1 is 0.636 bits per heavy atom. The molecular weight excluding hydrogens is 444 g/mol. The number of esters is 2. The summed E-state index contributed by atoms with van der Waals surface area (Å²) in [7, 11) is 5.74. The molecule has 0 N–H and O–H groups in total. The molecule has 0 unspecified atom stereocenters. The molecule has 0 aliphatic heterocycles. The van der Waals surface area contributed by atoms with Crippen LogP contribution < -0.4 is 9.47 Å². The molecule has 1 aromatic heterocycles. The van der Waals surface area contributed by atoms with Crippen LogP contribution in [0.25, 0.3) is 33.3 Å². The number of hydrogen-bond donors (Lipinski definition) is 0. The smallest absolute Gasteiger partial charge is 0.337 e. The number of ether oxygens (including phenoxy) is 4. The highest BCUT2D eigenvalue weighted by atomic mass is 32.1. The first-order chi connectivity index (χ1) is 16.0. The first kappa shape index (κ1) is 22.2. The van der Waals surface area contributed by atoms with Gasteiger partial charge in [0.15, 0.2) is 0 Å². The molecule has 0 bridgehead atoms. The summed E-state index contributed by atoms with van der Waals surface area (Å²) in [5, 5.41) is 0. The molecule has 0 saturated carbocycles. The van der Waals surface area contributed by atoms with Crippen molar-refractivity contribution >= 4 is 34.7 Å². The molecule has 0 amide bonds. The van der Waals surface area contributed by atoms with Crippen molar-refractivity contribution in [3.8, 4) is 33.8 Å². The Kier molecular flexibility index (Phi) is 6.23. The highest BCUT2D eigenvalue weighted by Crippen LogP contribution is 2.41. The maximum atomic E-state index is 11.9. The molecule has 9 heteroatoms. The molecule has 0 saturated heterocycles. The van der Waals surface area contributed by atoms with Gasteiger partial charge in [0.2, 0.25) is 0 Å². The lowest BCUT2D eigenvalue weighted by Gasteiger charge is -2.14. The fourth-order valence-corrected chi connectivity index (χ4v) is 4.19. The molecule has 0 fully saturated rings. The zero-order chi connectivity index (χ0) is 23.5. The van der Waals surface area contributed by atoms with Crippen LogP contribution in [0.15, 0.2) is 48.5 Å². The number of nitrogens with zero attached hydrogens (tertiary/aromatic N) is 2. The van der Waals surface area contributed by atoms with E-state index >= 15 is 0 Å². The molecule has 3 aromatic carbocycles. The van der Waals surface area contributed by atoms with Crippen molar-refractivity contribution < 1.29 is 28.5 Å². The summed E-state index contributed by atoms with van der Waals surface area (Å²) in [6.07, 6.45) is 0. The van der Waals surface area contributed by atoms with E-state index in [1.54, 1.807) is 50.6 Å². The van der Waals surface area contributed by atoms with Gasteiger partial charge < -0.3 is 18.9 Å². The van der Waals surface area contributed by atoms with Crippen LogP contribution in [0.3, 0.4) is 0 Å². The van der Waals surface area contributed by atoms with Crippen LogP contribution in [0.1, 0.15) is 20.7 Å². The Balaban J connectivity index is 1.86. The highest BCUT2D eigenvalue weighted by Gasteiger charge is 2.20. The number of benzene rings is 3. The van der Waals surface area contributed by atoms with E-state index in [0.717, 1.165) is 34.0 Å². The Hall–Kier alpha value is -3.98. The van der Waals surface area contributed by atoms with E-state index in [1.807, 2.05) is 12.1 Å². The van der Waals surface area contributed by atoms with Gasteiger partial charge in [-0.15, -0.1) is 0 Å². The lowest BCUT2D eigenvalue weighted by atomic mass is 9.95. The second-order valence-corrected chi connectivity index (χ2v) is 7.46. The lowest BCUT2D eigenvalue weighted by Crippen LogP contribution is -2.02.